The van der Waals surface area contributed by atoms with Crippen LogP contribution in [0.4, 0.5) is 0 Å². The van der Waals surface area contributed by atoms with Crippen molar-refractivity contribution in [3.63, 3.8) is 0 Å². The highest BCUT2D eigenvalue weighted by Gasteiger charge is 2.11. The van der Waals surface area contributed by atoms with Gasteiger partial charge in [-0.2, -0.15) is 0 Å². The minimum Gasteiger partial charge on any atom is -0.313 e. The molecule has 4 heteroatoms. The Bertz CT molecular complexity index is 236. The van der Waals surface area contributed by atoms with Gasteiger partial charge in [-0.1, -0.05) is 38.5 Å². The molecule has 0 aromatic carbocycles. The highest BCUT2D eigenvalue weighted by Crippen LogP contribution is 2.11. The largest absolute Gasteiger partial charge is 0.313 e. The molecule has 0 heterocycles. The summed E-state index contributed by atoms with van der Waals surface area (Å²) in [6, 6.07) is 0. The van der Waals surface area contributed by atoms with Gasteiger partial charge in [0.25, 0.3) is 7.28 Å². The van der Waals surface area contributed by atoms with Gasteiger partial charge >= 0.3 is 0 Å². The number of hydrogen-bond donors (Lipinski definition) is 0. The summed E-state index contributed by atoms with van der Waals surface area (Å²) < 4.78 is 0. The molecule has 0 radical (unpaired) electrons. The molecule has 3 nitrogen and oxygen atoms in total. The molecule has 1 atom stereocenters. The molecule has 0 aromatic heterocycles. The maximum Gasteiger partial charge on any atom is 0.268 e. The second-order valence-corrected chi connectivity index (χ2v) is 6.05. The predicted molar refractivity (Wildman–Crippen MR) is 85.7 cm³/mol. The molecular weight excluding hydrogens is 233 g/mol. The Labute approximate surface area is 121 Å². The molecule has 0 aliphatic rings. The zero-order valence-corrected chi connectivity index (χ0v) is 13.5. The summed E-state index contributed by atoms with van der Waals surface area (Å²) in [6.07, 6.45) is 10.6. The Morgan fingerprint density at radius 3 is 1.89 bits per heavy atom. The third-order valence-corrected chi connectivity index (χ3v) is 3.70. The molecule has 19 heavy (non-hydrogen) atoms. The van der Waals surface area contributed by atoms with Gasteiger partial charge in [-0.25, -0.2) is 5.26 Å². The molecule has 0 aromatic rings. The van der Waals surface area contributed by atoms with Crippen LogP contribution in [0.15, 0.2) is 0 Å². The molecular formula is C15H32BN3. The zero-order valence-electron chi connectivity index (χ0n) is 13.5. The van der Waals surface area contributed by atoms with E-state index in [1.807, 2.05) is 0 Å². The molecule has 0 spiro atoms. The van der Waals surface area contributed by atoms with Crippen LogP contribution in [-0.2, 0) is 0 Å². The Balaban J connectivity index is 3.32. The molecule has 0 amide bonds. The van der Waals surface area contributed by atoms with E-state index in [2.05, 4.69) is 44.0 Å². The Kier molecular flexibility index (Phi) is 12.2. The average molecular weight is 265 g/mol. The van der Waals surface area contributed by atoms with E-state index in [0.717, 1.165) is 0 Å². The van der Waals surface area contributed by atoms with Crippen LogP contribution in [0.1, 0.15) is 51.4 Å². The lowest BCUT2D eigenvalue weighted by Gasteiger charge is -2.20. The summed E-state index contributed by atoms with van der Waals surface area (Å²) in [7, 11) is 9.10. The molecule has 0 saturated heterocycles. The molecule has 0 aliphatic heterocycles. The predicted octanol–water partition coefficient (Wildman–Crippen LogP) is 2.47. The summed E-state index contributed by atoms with van der Waals surface area (Å²) in [4.78, 5) is 4.45. The molecule has 110 valence electrons. The molecule has 0 bridgehead atoms. The molecule has 0 fully saturated rings. The molecule has 0 rings (SSSR count). The van der Waals surface area contributed by atoms with Crippen molar-refractivity contribution in [1.29, 1.82) is 5.26 Å². The lowest BCUT2D eigenvalue weighted by molar-refractivity contribution is 0.347. The standard InChI is InChI=1S/C15H32BN3/c1-18(2)13-11-9-7-5-6-8-10-12-15(16-14-17)19(3)4/h15-16H,5-13H2,1-4H3. The third-order valence-electron chi connectivity index (χ3n) is 3.70. The lowest BCUT2D eigenvalue weighted by atomic mass is 9.69. The van der Waals surface area contributed by atoms with Crippen LogP contribution >= 0.6 is 0 Å². The Morgan fingerprint density at radius 2 is 1.42 bits per heavy atom. The fourth-order valence-electron chi connectivity index (χ4n) is 2.34. The first-order chi connectivity index (χ1) is 9.07. The van der Waals surface area contributed by atoms with Crippen LogP contribution in [0.3, 0.4) is 0 Å². The fourth-order valence-corrected chi connectivity index (χ4v) is 2.34. The molecule has 0 N–H and O–H groups in total. The van der Waals surface area contributed by atoms with Crippen LogP contribution in [0.2, 0.25) is 0 Å². The van der Waals surface area contributed by atoms with Crippen molar-refractivity contribution in [3.8, 4) is 5.97 Å². The average Bonchev–Trinajstić information content (AvgIpc) is 2.34. The highest BCUT2D eigenvalue weighted by molar-refractivity contribution is 6.46. The van der Waals surface area contributed by atoms with Crippen LogP contribution in [0.25, 0.3) is 0 Å². The minimum absolute atomic E-state index is 0.449. The van der Waals surface area contributed by atoms with Crippen molar-refractivity contribution >= 4 is 7.28 Å². The smallest absolute Gasteiger partial charge is 0.268 e. The minimum atomic E-state index is 0.449. The van der Waals surface area contributed by atoms with E-state index in [1.165, 1.54) is 57.9 Å². The van der Waals surface area contributed by atoms with E-state index >= 15 is 0 Å². The molecule has 1 unspecified atom stereocenters. The third kappa shape index (κ3) is 12.3. The summed E-state index contributed by atoms with van der Waals surface area (Å²) in [5.74, 6) is 2.74. The van der Waals surface area contributed by atoms with E-state index in [1.54, 1.807) is 0 Å². The summed E-state index contributed by atoms with van der Waals surface area (Å²) in [5, 5.41) is 8.77. The maximum absolute atomic E-state index is 8.77. The van der Waals surface area contributed by atoms with E-state index in [9.17, 15) is 0 Å². The number of nitriles is 1. The van der Waals surface area contributed by atoms with Crippen molar-refractivity contribution < 1.29 is 0 Å². The van der Waals surface area contributed by atoms with E-state index in [-0.39, 0.29) is 0 Å². The number of hydrogen-bond acceptors (Lipinski definition) is 3. The first-order valence-electron chi connectivity index (χ1n) is 7.76. The number of rotatable bonds is 12. The van der Waals surface area contributed by atoms with Gasteiger partial charge < -0.3 is 9.80 Å². The summed E-state index contributed by atoms with van der Waals surface area (Å²) in [6.45, 7) is 1.22. The van der Waals surface area contributed by atoms with Crippen LogP contribution in [0.5, 0.6) is 0 Å². The van der Waals surface area contributed by atoms with Crippen molar-refractivity contribution in [2.75, 3.05) is 34.7 Å². The summed E-state index contributed by atoms with van der Waals surface area (Å²) >= 11 is 0. The van der Waals surface area contributed by atoms with Gasteiger partial charge in [0.05, 0.1) is 0 Å². The van der Waals surface area contributed by atoms with Gasteiger partial charge in [0, 0.05) is 0 Å². The monoisotopic (exact) mass is 265 g/mol. The van der Waals surface area contributed by atoms with Gasteiger partial charge in [0.15, 0.2) is 0 Å². The van der Waals surface area contributed by atoms with Gasteiger partial charge in [0.1, 0.15) is 0 Å². The quantitative estimate of drug-likeness (QED) is 0.401. The van der Waals surface area contributed by atoms with Crippen LogP contribution in [-0.4, -0.2) is 57.8 Å². The van der Waals surface area contributed by atoms with Gasteiger partial charge in [-0.05, 0) is 59.5 Å². The second-order valence-electron chi connectivity index (χ2n) is 6.05. The van der Waals surface area contributed by atoms with Crippen LogP contribution in [0, 0.1) is 11.2 Å². The first-order valence-corrected chi connectivity index (χ1v) is 7.76. The Hall–Kier alpha value is -0.525. The van der Waals surface area contributed by atoms with Gasteiger partial charge in [0.2, 0.25) is 0 Å². The van der Waals surface area contributed by atoms with E-state index in [0.29, 0.717) is 13.2 Å². The van der Waals surface area contributed by atoms with Crippen molar-refractivity contribution in [2.45, 2.75) is 57.3 Å². The van der Waals surface area contributed by atoms with Gasteiger partial charge in [-0.3, -0.25) is 0 Å². The summed E-state index contributed by atoms with van der Waals surface area (Å²) in [5.41, 5.74) is 0. The van der Waals surface area contributed by atoms with Crippen molar-refractivity contribution in [1.82, 2.24) is 9.80 Å². The van der Waals surface area contributed by atoms with E-state index < -0.39 is 0 Å². The highest BCUT2D eigenvalue weighted by atomic mass is 15.1. The number of nitrogens with zero attached hydrogens (tertiary/aromatic N) is 3. The van der Waals surface area contributed by atoms with Crippen LogP contribution < -0.4 is 0 Å². The fraction of sp³-hybridized carbons (Fsp3) is 0.933. The molecule has 0 aliphatic carbocycles. The molecule has 0 saturated carbocycles. The van der Waals surface area contributed by atoms with Crippen molar-refractivity contribution in [2.24, 2.45) is 0 Å². The SMILES string of the molecule is CN(C)CCCCCCCCCC(BC#N)N(C)C. The van der Waals surface area contributed by atoms with Gasteiger partial charge in [-0.15, -0.1) is 0 Å². The lowest BCUT2D eigenvalue weighted by Crippen LogP contribution is -2.33. The first kappa shape index (κ1) is 18.5. The van der Waals surface area contributed by atoms with Crippen molar-refractivity contribution in [3.05, 3.63) is 0 Å². The Morgan fingerprint density at radius 1 is 0.895 bits per heavy atom. The number of unbranched alkanes of at least 4 members (excludes halogenated alkanes) is 6. The normalized spacial score (nSPS) is 12.7. The topological polar surface area (TPSA) is 30.3 Å². The zero-order chi connectivity index (χ0) is 14.5. The van der Waals surface area contributed by atoms with E-state index in [4.69, 9.17) is 5.26 Å². The second kappa shape index (κ2) is 12.5. The maximum atomic E-state index is 8.77.